The van der Waals surface area contributed by atoms with Crippen molar-refractivity contribution in [2.24, 2.45) is 11.1 Å². The van der Waals surface area contributed by atoms with Gasteiger partial charge in [-0.1, -0.05) is 6.92 Å². The highest BCUT2D eigenvalue weighted by atomic mass is 19.1. The lowest BCUT2D eigenvalue weighted by atomic mass is 9.86. The number of anilines is 1. The van der Waals surface area contributed by atoms with Crippen molar-refractivity contribution in [2.75, 3.05) is 11.9 Å². The number of rotatable bonds is 4. The van der Waals surface area contributed by atoms with Crippen molar-refractivity contribution < 1.29 is 13.6 Å². The van der Waals surface area contributed by atoms with Crippen LogP contribution in [0.4, 0.5) is 14.5 Å². The summed E-state index contributed by atoms with van der Waals surface area (Å²) in [6.45, 7) is 5.11. The standard InChI is InChI=1S/C13H18F2N2O/c1-4-13(3,7-16)12(18)17-11-6-9(14)8(2)5-10(11)15/h5-6H,4,7,16H2,1-3H3,(H,17,18). The second kappa shape index (κ2) is 5.44. The largest absolute Gasteiger partial charge is 0.329 e. The Bertz CT molecular complexity index is 457. The Labute approximate surface area is 105 Å². The van der Waals surface area contributed by atoms with E-state index < -0.39 is 23.0 Å². The van der Waals surface area contributed by atoms with Crippen molar-refractivity contribution in [3.63, 3.8) is 0 Å². The molecule has 1 atom stereocenters. The van der Waals surface area contributed by atoms with Gasteiger partial charge in [-0.3, -0.25) is 4.79 Å². The van der Waals surface area contributed by atoms with Gasteiger partial charge in [0.15, 0.2) is 0 Å². The van der Waals surface area contributed by atoms with E-state index >= 15 is 0 Å². The predicted octanol–water partition coefficient (Wildman–Crippen LogP) is 2.59. The molecule has 0 spiro atoms. The van der Waals surface area contributed by atoms with E-state index in [0.29, 0.717) is 6.42 Å². The number of aryl methyl sites for hydroxylation is 1. The fourth-order valence-corrected chi connectivity index (χ4v) is 1.41. The third kappa shape index (κ3) is 2.85. The summed E-state index contributed by atoms with van der Waals surface area (Å²) in [7, 11) is 0. The van der Waals surface area contributed by atoms with Gasteiger partial charge < -0.3 is 11.1 Å². The second-order valence-electron chi connectivity index (χ2n) is 4.65. The molecule has 0 aliphatic heterocycles. The summed E-state index contributed by atoms with van der Waals surface area (Å²) in [5.74, 6) is -1.62. The molecule has 0 saturated carbocycles. The SMILES string of the molecule is CCC(C)(CN)C(=O)Nc1cc(F)c(C)cc1F. The van der Waals surface area contributed by atoms with Crippen LogP contribution in [-0.2, 0) is 4.79 Å². The first kappa shape index (κ1) is 14.6. The molecule has 0 radical (unpaired) electrons. The van der Waals surface area contributed by atoms with E-state index in [1.165, 1.54) is 6.92 Å². The van der Waals surface area contributed by atoms with Gasteiger partial charge >= 0.3 is 0 Å². The fraction of sp³-hybridized carbons (Fsp3) is 0.462. The Kier molecular flexibility index (Phi) is 4.40. The van der Waals surface area contributed by atoms with Crippen LogP contribution in [0.15, 0.2) is 12.1 Å². The van der Waals surface area contributed by atoms with Gasteiger partial charge in [-0.15, -0.1) is 0 Å². The van der Waals surface area contributed by atoms with E-state index in [4.69, 9.17) is 5.73 Å². The summed E-state index contributed by atoms with van der Waals surface area (Å²) >= 11 is 0. The molecule has 3 N–H and O–H groups in total. The predicted molar refractivity (Wildman–Crippen MR) is 67.2 cm³/mol. The smallest absolute Gasteiger partial charge is 0.231 e. The summed E-state index contributed by atoms with van der Waals surface area (Å²) in [6.07, 6.45) is 0.519. The normalized spacial score (nSPS) is 14.1. The lowest BCUT2D eigenvalue weighted by Crippen LogP contribution is -2.39. The van der Waals surface area contributed by atoms with Crippen LogP contribution >= 0.6 is 0 Å². The Balaban J connectivity index is 2.98. The molecule has 5 heteroatoms. The molecule has 1 aromatic carbocycles. The monoisotopic (exact) mass is 256 g/mol. The van der Waals surface area contributed by atoms with Crippen LogP contribution in [0, 0.1) is 24.0 Å². The molecule has 0 fully saturated rings. The van der Waals surface area contributed by atoms with Crippen molar-refractivity contribution >= 4 is 11.6 Å². The van der Waals surface area contributed by atoms with E-state index in [1.807, 2.05) is 6.92 Å². The highest BCUT2D eigenvalue weighted by Gasteiger charge is 2.30. The third-order valence-corrected chi connectivity index (χ3v) is 3.28. The zero-order chi connectivity index (χ0) is 13.9. The van der Waals surface area contributed by atoms with Gasteiger partial charge in [0, 0.05) is 12.6 Å². The van der Waals surface area contributed by atoms with Crippen LogP contribution < -0.4 is 11.1 Å². The third-order valence-electron chi connectivity index (χ3n) is 3.28. The Morgan fingerprint density at radius 2 is 2.00 bits per heavy atom. The second-order valence-corrected chi connectivity index (χ2v) is 4.65. The van der Waals surface area contributed by atoms with Crippen molar-refractivity contribution in [3.05, 3.63) is 29.3 Å². The number of halogens is 2. The molecule has 100 valence electrons. The van der Waals surface area contributed by atoms with Crippen LogP contribution in [0.5, 0.6) is 0 Å². The quantitative estimate of drug-likeness (QED) is 0.870. The van der Waals surface area contributed by atoms with Crippen LogP contribution in [0.3, 0.4) is 0 Å². The van der Waals surface area contributed by atoms with E-state index in [1.54, 1.807) is 6.92 Å². The fourth-order valence-electron chi connectivity index (χ4n) is 1.41. The average Bonchev–Trinajstić information content (AvgIpc) is 2.34. The molecule has 18 heavy (non-hydrogen) atoms. The summed E-state index contributed by atoms with van der Waals surface area (Å²) in [4.78, 5) is 12.0. The molecule has 1 amide bonds. The lowest BCUT2D eigenvalue weighted by molar-refractivity contribution is -0.124. The zero-order valence-corrected chi connectivity index (χ0v) is 10.8. The number of carbonyl (C=O) groups is 1. The maximum Gasteiger partial charge on any atom is 0.231 e. The number of benzene rings is 1. The van der Waals surface area contributed by atoms with Gasteiger partial charge in [-0.2, -0.15) is 0 Å². The van der Waals surface area contributed by atoms with Gasteiger partial charge in [0.2, 0.25) is 5.91 Å². The first-order valence-corrected chi connectivity index (χ1v) is 5.81. The highest BCUT2D eigenvalue weighted by Crippen LogP contribution is 2.24. The minimum absolute atomic E-state index is 0.144. The number of nitrogens with one attached hydrogen (secondary N) is 1. The summed E-state index contributed by atoms with van der Waals surface area (Å²) in [5, 5.41) is 2.39. The molecule has 0 aliphatic rings. The highest BCUT2D eigenvalue weighted by molar-refractivity contribution is 5.95. The van der Waals surface area contributed by atoms with Gasteiger partial charge in [-0.05, 0) is 31.9 Å². The van der Waals surface area contributed by atoms with Crippen molar-refractivity contribution in [1.29, 1.82) is 0 Å². The summed E-state index contributed by atoms with van der Waals surface area (Å²) < 4.78 is 26.9. The van der Waals surface area contributed by atoms with Gasteiger partial charge in [0.05, 0.1) is 11.1 Å². The zero-order valence-electron chi connectivity index (χ0n) is 10.8. The van der Waals surface area contributed by atoms with Crippen LogP contribution in [-0.4, -0.2) is 12.5 Å². The Morgan fingerprint density at radius 3 is 2.50 bits per heavy atom. The summed E-state index contributed by atoms with van der Waals surface area (Å²) in [5.41, 5.74) is 4.79. The van der Waals surface area contributed by atoms with E-state index in [0.717, 1.165) is 12.1 Å². The minimum Gasteiger partial charge on any atom is -0.329 e. The molecule has 0 heterocycles. The number of amides is 1. The van der Waals surface area contributed by atoms with Crippen molar-refractivity contribution in [2.45, 2.75) is 27.2 Å². The molecule has 0 aliphatic carbocycles. The molecule has 3 nitrogen and oxygen atoms in total. The van der Waals surface area contributed by atoms with E-state index in [2.05, 4.69) is 5.32 Å². The number of carbonyl (C=O) groups excluding carboxylic acids is 1. The lowest BCUT2D eigenvalue weighted by Gasteiger charge is -2.25. The molecule has 0 saturated heterocycles. The maximum absolute atomic E-state index is 13.6. The van der Waals surface area contributed by atoms with Crippen molar-refractivity contribution in [3.8, 4) is 0 Å². The van der Waals surface area contributed by atoms with Gasteiger partial charge in [-0.25, -0.2) is 8.78 Å². The Morgan fingerprint density at radius 1 is 1.39 bits per heavy atom. The number of hydrogen-bond donors (Lipinski definition) is 2. The molecule has 0 bridgehead atoms. The van der Waals surface area contributed by atoms with Crippen molar-refractivity contribution in [1.82, 2.24) is 0 Å². The van der Waals surface area contributed by atoms with E-state index in [-0.39, 0.29) is 17.8 Å². The number of hydrogen-bond acceptors (Lipinski definition) is 2. The minimum atomic E-state index is -0.784. The first-order chi connectivity index (χ1) is 8.34. The van der Waals surface area contributed by atoms with Crippen LogP contribution in [0.1, 0.15) is 25.8 Å². The van der Waals surface area contributed by atoms with E-state index in [9.17, 15) is 13.6 Å². The molecule has 0 aromatic heterocycles. The molecule has 1 unspecified atom stereocenters. The number of nitrogens with two attached hydrogens (primary N) is 1. The van der Waals surface area contributed by atoms with Crippen LogP contribution in [0.25, 0.3) is 0 Å². The van der Waals surface area contributed by atoms with Gasteiger partial charge in [0.25, 0.3) is 0 Å². The summed E-state index contributed by atoms with van der Waals surface area (Å²) in [6, 6.07) is 2.03. The molecular formula is C13H18F2N2O. The average molecular weight is 256 g/mol. The molecular weight excluding hydrogens is 238 g/mol. The first-order valence-electron chi connectivity index (χ1n) is 5.81. The van der Waals surface area contributed by atoms with Gasteiger partial charge in [0.1, 0.15) is 11.6 Å². The maximum atomic E-state index is 13.6. The molecule has 1 aromatic rings. The topological polar surface area (TPSA) is 55.1 Å². The molecule has 1 rings (SSSR count). The Hall–Kier alpha value is -1.49. The van der Waals surface area contributed by atoms with Crippen LogP contribution in [0.2, 0.25) is 0 Å².